The van der Waals surface area contributed by atoms with E-state index in [0.29, 0.717) is 11.8 Å². The Morgan fingerprint density at radius 2 is 2.22 bits per heavy atom. The number of likely N-dealkylation sites (N-methyl/N-ethyl adjacent to an activating group) is 1. The van der Waals surface area contributed by atoms with E-state index in [0.717, 1.165) is 37.9 Å². The third kappa shape index (κ3) is 2.66. The van der Waals surface area contributed by atoms with Gasteiger partial charge in [0.25, 0.3) is 0 Å². The minimum atomic E-state index is 0.324. The van der Waals surface area contributed by atoms with Crippen molar-refractivity contribution >= 4 is 5.78 Å². The first kappa shape index (κ1) is 13.3. The Kier molecular flexibility index (Phi) is 4.23. The molecule has 0 bridgehead atoms. The van der Waals surface area contributed by atoms with E-state index in [1.165, 1.54) is 12.1 Å². The predicted octanol–water partition coefficient (Wildman–Crippen LogP) is 2.74. The zero-order valence-electron chi connectivity index (χ0n) is 11.8. The summed E-state index contributed by atoms with van der Waals surface area (Å²) in [5.74, 6) is 0.324. The van der Waals surface area contributed by atoms with Crippen LogP contribution in [0.15, 0.2) is 12.3 Å². The molecule has 100 valence electrons. The molecule has 0 N–H and O–H groups in total. The highest BCUT2D eigenvalue weighted by molar-refractivity contribution is 5.98. The van der Waals surface area contributed by atoms with Crippen molar-refractivity contribution in [1.82, 2.24) is 9.47 Å². The lowest BCUT2D eigenvalue weighted by molar-refractivity contribution is 0.0971. The molecule has 1 aliphatic rings. The van der Waals surface area contributed by atoms with E-state index >= 15 is 0 Å². The van der Waals surface area contributed by atoms with Crippen molar-refractivity contribution in [1.29, 1.82) is 0 Å². The van der Waals surface area contributed by atoms with Crippen LogP contribution in [0.5, 0.6) is 0 Å². The SMILES string of the molecule is CCC(C)N(C)CCn1ccc2c1CCCC2=O. The summed E-state index contributed by atoms with van der Waals surface area (Å²) in [7, 11) is 2.18. The summed E-state index contributed by atoms with van der Waals surface area (Å²) in [6, 6.07) is 2.62. The Labute approximate surface area is 110 Å². The Bertz CT molecular complexity index is 422. The molecule has 0 spiro atoms. The number of fused-ring (bicyclic) bond motifs is 1. The molecule has 3 heteroatoms. The average Bonchev–Trinajstić information content (AvgIpc) is 2.79. The minimum absolute atomic E-state index is 0.324. The van der Waals surface area contributed by atoms with Gasteiger partial charge in [0.2, 0.25) is 0 Å². The molecule has 1 atom stereocenters. The fraction of sp³-hybridized carbons (Fsp3) is 0.667. The van der Waals surface area contributed by atoms with Gasteiger partial charge in [-0.15, -0.1) is 0 Å². The van der Waals surface area contributed by atoms with Gasteiger partial charge in [-0.25, -0.2) is 0 Å². The molecular formula is C15H24N2O. The highest BCUT2D eigenvalue weighted by Gasteiger charge is 2.20. The van der Waals surface area contributed by atoms with Crippen LogP contribution in [0.3, 0.4) is 0 Å². The van der Waals surface area contributed by atoms with Gasteiger partial charge in [-0.05, 0) is 39.3 Å². The van der Waals surface area contributed by atoms with E-state index in [1.54, 1.807) is 0 Å². The highest BCUT2D eigenvalue weighted by atomic mass is 16.1. The van der Waals surface area contributed by atoms with Crippen LogP contribution in [0.1, 0.15) is 49.2 Å². The summed E-state index contributed by atoms with van der Waals surface area (Å²) >= 11 is 0. The van der Waals surface area contributed by atoms with E-state index in [4.69, 9.17) is 0 Å². The Balaban J connectivity index is 2.00. The molecule has 1 heterocycles. The highest BCUT2D eigenvalue weighted by Crippen LogP contribution is 2.22. The molecule has 1 aliphatic carbocycles. The number of Topliss-reactive ketones (excluding diaryl/α,β-unsaturated/α-hetero) is 1. The lowest BCUT2D eigenvalue weighted by Crippen LogP contribution is -2.31. The van der Waals surface area contributed by atoms with E-state index in [-0.39, 0.29) is 0 Å². The van der Waals surface area contributed by atoms with Crippen LogP contribution in [0.4, 0.5) is 0 Å². The van der Waals surface area contributed by atoms with Crippen molar-refractivity contribution in [3.8, 4) is 0 Å². The Hall–Kier alpha value is -1.09. The van der Waals surface area contributed by atoms with Gasteiger partial charge in [0.15, 0.2) is 5.78 Å². The van der Waals surface area contributed by atoms with Crippen LogP contribution in [0.25, 0.3) is 0 Å². The smallest absolute Gasteiger partial charge is 0.164 e. The monoisotopic (exact) mass is 248 g/mol. The third-order valence-electron chi connectivity index (χ3n) is 4.23. The Morgan fingerprint density at radius 3 is 2.94 bits per heavy atom. The molecular weight excluding hydrogens is 224 g/mol. The standard InChI is InChI=1S/C15H24N2O/c1-4-12(2)16(3)10-11-17-9-8-13-14(17)6-5-7-15(13)18/h8-9,12H,4-7,10-11H2,1-3H3. The number of rotatable bonds is 5. The summed E-state index contributed by atoms with van der Waals surface area (Å²) in [6.45, 7) is 6.51. The van der Waals surface area contributed by atoms with Crippen LogP contribution in [-0.4, -0.2) is 34.9 Å². The largest absolute Gasteiger partial charge is 0.349 e. The van der Waals surface area contributed by atoms with Crippen molar-refractivity contribution in [2.45, 2.75) is 52.1 Å². The molecule has 0 aromatic carbocycles. The molecule has 2 rings (SSSR count). The summed E-state index contributed by atoms with van der Waals surface area (Å²) in [4.78, 5) is 14.2. The van der Waals surface area contributed by atoms with Gasteiger partial charge in [0, 0.05) is 43.0 Å². The van der Waals surface area contributed by atoms with Crippen molar-refractivity contribution in [3.05, 3.63) is 23.5 Å². The van der Waals surface area contributed by atoms with Gasteiger partial charge in [-0.1, -0.05) is 6.92 Å². The number of carbonyl (C=O) groups is 1. The second-order valence-corrected chi connectivity index (χ2v) is 5.38. The number of hydrogen-bond donors (Lipinski definition) is 0. The average molecular weight is 248 g/mol. The first-order valence-corrected chi connectivity index (χ1v) is 7.05. The molecule has 0 fully saturated rings. The minimum Gasteiger partial charge on any atom is -0.349 e. The second-order valence-electron chi connectivity index (χ2n) is 5.38. The molecule has 0 saturated carbocycles. The topological polar surface area (TPSA) is 25.2 Å². The van der Waals surface area contributed by atoms with Gasteiger partial charge in [-0.2, -0.15) is 0 Å². The van der Waals surface area contributed by atoms with Crippen molar-refractivity contribution in [2.24, 2.45) is 0 Å². The summed E-state index contributed by atoms with van der Waals surface area (Å²) in [5.41, 5.74) is 2.22. The zero-order chi connectivity index (χ0) is 13.1. The number of nitrogens with zero attached hydrogens (tertiary/aromatic N) is 2. The number of carbonyl (C=O) groups excluding carboxylic acids is 1. The van der Waals surface area contributed by atoms with Crippen LogP contribution in [0.2, 0.25) is 0 Å². The molecule has 0 aliphatic heterocycles. The zero-order valence-corrected chi connectivity index (χ0v) is 11.8. The fourth-order valence-corrected chi connectivity index (χ4v) is 2.60. The third-order valence-corrected chi connectivity index (χ3v) is 4.23. The van der Waals surface area contributed by atoms with Crippen LogP contribution in [-0.2, 0) is 13.0 Å². The molecule has 3 nitrogen and oxygen atoms in total. The maximum absolute atomic E-state index is 11.8. The van der Waals surface area contributed by atoms with Gasteiger partial charge in [-0.3, -0.25) is 4.79 Å². The van der Waals surface area contributed by atoms with Crippen molar-refractivity contribution in [3.63, 3.8) is 0 Å². The summed E-state index contributed by atoms with van der Waals surface area (Å²) < 4.78 is 2.27. The molecule has 0 saturated heterocycles. The van der Waals surface area contributed by atoms with E-state index in [1.807, 2.05) is 6.07 Å². The maximum atomic E-state index is 11.8. The molecule has 18 heavy (non-hydrogen) atoms. The van der Waals surface area contributed by atoms with E-state index in [2.05, 4.69) is 36.6 Å². The molecule has 0 amide bonds. The lowest BCUT2D eigenvalue weighted by atomic mass is 9.97. The van der Waals surface area contributed by atoms with E-state index in [9.17, 15) is 4.79 Å². The van der Waals surface area contributed by atoms with Crippen molar-refractivity contribution in [2.75, 3.05) is 13.6 Å². The molecule has 0 radical (unpaired) electrons. The molecule has 1 aromatic heterocycles. The van der Waals surface area contributed by atoms with Crippen LogP contribution in [0, 0.1) is 0 Å². The number of hydrogen-bond acceptors (Lipinski definition) is 2. The van der Waals surface area contributed by atoms with Gasteiger partial charge < -0.3 is 9.47 Å². The number of ketones is 1. The predicted molar refractivity (Wildman–Crippen MR) is 74.1 cm³/mol. The number of aromatic nitrogens is 1. The van der Waals surface area contributed by atoms with Gasteiger partial charge >= 0.3 is 0 Å². The normalized spacial score (nSPS) is 17.0. The van der Waals surface area contributed by atoms with Crippen LogP contribution < -0.4 is 0 Å². The Morgan fingerprint density at radius 1 is 1.44 bits per heavy atom. The van der Waals surface area contributed by atoms with Gasteiger partial charge in [0.1, 0.15) is 0 Å². The molecule has 1 unspecified atom stereocenters. The summed E-state index contributed by atoms with van der Waals surface area (Å²) in [5, 5.41) is 0. The lowest BCUT2D eigenvalue weighted by Gasteiger charge is -2.24. The second kappa shape index (κ2) is 5.70. The molecule has 1 aromatic rings. The fourth-order valence-electron chi connectivity index (χ4n) is 2.60. The quantitative estimate of drug-likeness (QED) is 0.800. The van der Waals surface area contributed by atoms with Gasteiger partial charge in [0.05, 0.1) is 0 Å². The summed E-state index contributed by atoms with van der Waals surface area (Å²) in [6.07, 6.45) is 6.05. The van der Waals surface area contributed by atoms with Crippen LogP contribution >= 0.6 is 0 Å². The maximum Gasteiger partial charge on any atom is 0.164 e. The van der Waals surface area contributed by atoms with E-state index < -0.39 is 0 Å². The van der Waals surface area contributed by atoms with Crippen molar-refractivity contribution < 1.29 is 4.79 Å². The first-order valence-electron chi connectivity index (χ1n) is 7.05. The first-order chi connectivity index (χ1) is 8.63.